The molecule has 18 heavy (non-hydrogen) atoms. The highest BCUT2D eigenvalue weighted by molar-refractivity contribution is 9.10. The van der Waals surface area contributed by atoms with E-state index in [2.05, 4.69) is 15.9 Å². The van der Waals surface area contributed by atoms with Crippen LogP contribution in [-0.2, 0) is 16.0 Å². The molecule has 100 valence electrons. The van der Waals surface area contributed by atoms with Crippen LogP contribution in [0.15, 0.2) is 10.5 Å². The molecule has 0 aliphatic carbocycles. The number of hydrogen-bond donors (Lipinski definition) is 1. The van der Waals surface area contributed by atoms with E-state index in [0.29, 0.717) is 13.0 Å². The van der Waals surface area contributed by atoms with Crippen molar-refractivity contribution < 1.29 is 19.4 Å². The molecule has 1 rings (SSSR count). The Kier molecular flexibility index (Phi) is 5.62. The van der Waals surface area contributed by atoms with Gasteiger partial charge in [-0.05, 0) is 37.5 Å². The van der Waals surface area contributed by atoms with E-state index in [0.717, 1.165) is 26.9 Å². The van der Waals surface area contributed by atoms with E-state index in [1.165, 1.54) is 0 Å². The van der Waals surface area contributed by atoms with Crippen LogP contribution in [0.4, 0.5) is 0 Å². The van der Waals surface area contributed by atoms with E-state index in [4.69, 9.17) is 14.6 Å². The van der Waals surface area contributed by atoms with Crippen molar-refractivity contribution in [1.82, 2.24) is 0 Å². The number of methoxy groups -OCH3 is 1. The standard InChI is InChI=1S/C13H17BrO4/c1-8-6-11(14)9(2)10(13(8)17-3)4-5-18-7-12(15)16/h6H,4-5,7H2,1-3H3,(H,15,16). The topological polar surface area (TPSA) is 55.8 Å². The first-order valence-electron chi connectivity index (χ1n) is 5.59. The average Bonchev–Trinajstić information content (AvgIpc) is 2.30. The second-order valence-corrected chi connectivity index (χ2v) is 4.86. The van der Waals surface area contributed by atoms with E-state index < -0.39 is 5.97 Å². The van der Waals surface area contributed by atoms with Gasteiger partial charge >= 0.3 is 5.97 Å². The fourth-order valence-electron chi connectivity index (χ4n) is 1.84. The summed E-state index contributed by atoms with van der Waals surface area (Å²) in [5.41, 5.74) is 3.19. The molecule has 0 bridgehead atoms. The zero-order chi connectivity index (χ0) is 13.7. The maximum Gasteiger partial charge on any atom is 0.329 e. The molecular weight excluding hydrogens is 300 g/mol. The minimum absolute atomic E-state index is 0.269. The lowest BCUT2D eigenvalue weighted by atomic mass is 10.0. The van der Waals surface area contributed by atoms with Crippen molar-refractivity contribution in [1.29, 1.82) is 0 Å². The SMILES string of the molecule is COc1c(C)cc(Br)c(C)c1CCOCC(=O)O. The molecule has 5 heteroatoms. The summed E-state index contributed by atoms with van der Waals surface area (Å²) in [6.45, 7) is 4.07. The van der Waals surface area contributed by atoms with Gasteiger partial charge in [-0.2, -0.15) is 0 Å². The predicted molar refractivity (Wildman–Crippen MR) is 72.3 cm³/mol. The zero-order valence-corrected chi connectivity index (χ0v) is 12.3. The van der Waals surface area contributed by atoms with Crippen LogP contribution in [0.25, 0.3) is 0 Å². The maximum absolute atomic E-state index is 10.4. The molecule has 0 unspecified atom stereocenters. The van der Waals surface area contributed by atoms with Gasteiger partial charge in [0.05, 0.1) is 13.7 Å². The first kappa shape index (κ1) is 15.0. The molecular formula is C13H17BrO4. The number of rotatable bonds is 6. The summed E-state index contributed by atoms with van der Waals surface area (Å²) in [7, 11) is 1.64. The Balaban J connectivity index is 2.83. The third-order valence-corrected chi connectivity index (χ3v) is 3.54. The normalized spacial score (nSPS) is 10.4. The molecule has 0 amide bonds. The highest BCUT2D eigenvalue weighted by atomic mass is 79.9. The van der Waals surface area contributed by atoms with Crippen molar-refractivity contribution in [3.05, 3.63) is 27.2 Å². The molecule has 4 nitrogen and oxygen atoms in total. The zero-order valence-electron chi connectivity index (χ0n) is 10.7. The van der Waals surface area contributed by atoms with Gasteiger partial charge in [0, 0.05) is 10.0 Å². The minimum atomic E-state index is -0.955. The monoisotopic (exact) mass is 316 g/mol. The predicted octanol–water partition coefficient (Wildman–Crippen LogP) is 2.72. The van der Waals surface area contributed by atoms with Crippen LogP contribution in [0.2, 0.25) is 0 Å². The van der Waals surface area contributed by atoms with Crippen molar-refractivity contribution in [2.45, 2.75) is 20.3 Å². The van der Waals surface area contributed by atoms with Crippen LogP contribution in [-0.4, -0.2) is 31.4 Å². The number of hydrogen-bond acceptors (Lipinski definition) is 3. The number of carboxylic acids is 1. The van der Waals surface area contributed by atoms with Gasteiger partial charge in [0.15, 0.2) is 0 Å². The van der Waals surface area contributed by atoms with Gasteiger partial charge in [-0.3, -0.25) is 0 Å². The highest BCUT2D eigenvalue weighted by Crippen LogP contribution is 2.32. The highest BCUT2D eigenvalue weighted by Gasteiger charge is 2.13. The number of aryl methyl sites for hydroxylation is 1. The molecule has 0 aliphatic rings. The molecule has 0 saturated heterocycles. The fraction of sp³-hybridized carbons (Fsp3) is 0.462. The van der Waals surface area contributed by atoms with Crippen molar-refractivity contribution in [2.75, 3.05) is 20.3 Å². The van der Waals surface area contributed by atoms with Crippen molar-refractivity contribution >= 4 is 21.9 Å². The van der Waals surface area contributed by atoms with Crippen LogP contribution in [0.3, 0.4) is 0 Å². The number of carboxylic acid groups (broad SMARTS) is 1. The number of carbonyl (C=O) groups is 1. The van der Waals surface area contributed by atoms with E-state index in [9.17, 15) is 4.79 Å². The lowest BCUT2D eigenvalue weighted by molar-refractivity contribution is -0.142. The summed E-state index contributed by atoms with van der Waals surface area (Å²) in [6.07, 6.45) is 0.628. The largest absolute Gasteiger partial charge is 0.496 e. The van der Waals surface area contributed by atoms with E-state index in [-0.39, 0.29) is 6.61 Å². The average molecular weight is 317 g/mol. The van der Waals surface area contributed by atoms with Crippen molar-refractivity contribution in [2.24, 2.45) is 0 Å². The van der Waals surface area contributed by atoms with Crippen LogP contribution >= 0.6 is 15.9 Å². The number of benzene rings is 1. The Labute approximate surface area is 115 Å². The lowest BCUT2D eigenvalue weighted by Crippen LogP contribution is -2.10. The summed E-state index contributed by atoms with van der Waals surface area (Å²) in [4.78, 5) is 10.4. The Bertz CT molecular complexity index is 443. The number of aliphatic carboxylic acids is 1. The van der Waals surface area contributed by atoms with Crippen LogP contribution in [0, 0.1) is 13.8 Å². The van der Waals surface area contributed by atoms with Crippen LogP contribution in [0.5, 0.6) is 5.75 Å². The Hall–Kier alpha value is -1.07. The molecule has 1 aromatic carbocycles. The number of ether oxygens (including phenoxy) is 2. The van der Waals surface area contributed by atoms with Crippen molar-refractivity contribution in [3.63, 3.8) is 0 Å². The van der Waals surface area contributed by atoms with Gasteiger partial charge in [-0.25, -0.2) is 4.79 Å². The van der Waals surface area contributed by atoms with Gasteiger partial charge in [-0.15, -0.1) is 0 Å². The van der Waals surface area contributed by atoms with E-state index in [1.54, 1.807) is 7.11 Å². The second-order valence-electron chi connectivity index (χ2n) is 4.01. The van der Waals surface area contributed by atoms with Gasteiger partial charge in [0.2, 0.25) is 0 Å². The molecule has 0 fully saturated rings. The molecule has 1 N–H and O–H groups in total. The summed E-state index contributed by atoms with van der Waals surface area (Å²) in [5.74, 6) is -0.112. The molecule has 0 radical (unpaired) electrons. The van der Waals surface area contributed by atoms with Gasteiger partial charge < -0.3 is 14.6 Å². The fourth-order valence-corrected chi connectivity index (χ4v) is 2.42. The third-order valence-electron chi connectivity index (χ3n) is 2.71. The Morgan fingerprint density at radius 3 is 2.67 bits per heavy atom. The summed E-state index contributed by atoms with van der Waals surface area (Å²) < 4.78 is 11.5. The van der Waals surface area contributed by atoms with Crippen LogP contribution < -0.4 is 4.74 Å². The molecule has 1 aromatic rings. The maximum atomic E-state index is 10.4. The quantitative estimate of drug-likeness (QED) is 0.820. The van der Waals surface area contributed by atoms with Gasteiger partial charge in [-0.1, -0.05) is 15.9 Å². The first-order chi connectivity index (χ1) is 8.47. The van der Waals surface area contributed by atoms with E-state index >= 15 is 0 Å². The molecule has 0 aromatic heterocycles. The van der Waals surface area contributed by atoms with Crippen molar-refractivity contribution in [3.8, 4) is 5.75 Å². The Morgan fingerprint density at radius 2 is 2.11 bits per heavy atom. The molecule has 0 heterocycles. The summed E-state index contributed by atoms with van der Waals surface area (Å²) in [6, 6.07) is 2.01. The minimum Gasteiger partial charge on any atom is -0.496 e. The Morgan fingerprint density at radius 1 is 1.44 bits per heavy atom. The smallest absolute Gasteiger partial charge is 0.329 e. The molecule has 0 saturated carbocycles. The lowest BCUT2D eigenvalue weighted by Gasteiger charge is -2.15. The molecule has 0 spiro atoms. The van der Waals surface area contributed by atoms with Crippen LogP contribution in [0.1, 0.15) is 16.7 Å². The second kappa shape index (κ2) is 6.75. The van der Waals surface area contributed by atoms with Gasteiger partial charge in [0.25, 0.3) is 0 Å². The third kappa shape index (κ3) is 3.71. The summed E-state index contributed by atoms with van der Waals surface area (Å²) >= 11 is 3.50. The summed E-state index contributed by atoms with van der Waals surface area (Å²) in [5, 5.41) is 8.50. The molecule has 0 atom stereocenters. The molecule has 0 aliphatic heterocycles. The van der Waals surface area contributed by atoms with E-state index in [1.807, 2.05) is 19.9 Å². The van der Waals surface area contributed by atoms with Gasteiger partial charge in [0.1, 0.15) is 12.4 Å². The first-order valence-corrected chi connectivity index (χ1v) is 6.38. The number of halogens is 1.